The van der Waals surface area contributed by atoms with Crippen molar-refractivity contribution in [2.45, 2.75) is 68.9 Å². The minimum Gasteiger partial charge on any atom is -0.495 e. The van der Waals surface area contributed by atoms with E-state index in [1.165, 1.54) is 25.3 Å². The van der Waals surface area contributed by atoms with Gasteiger partial charge in [-0.2, -0.15) is 17.6 Å². The molecule has 3 rings (SSSR count). The number of halogens is 4. The number of alkyl halides is 3. The van der Waals surface area contributed by atoms with Gasteiger partial charge in [-0.3, -0.25) is 9.36 Å². The number of aryl methyl sites for hydroxylation is 2. The number of aromatic nitrogens is 2. The van der Waals surface area contributed by atoms with Gasteiger partial charge in [0.1, 0.15) is 21.4 Å². The van der Waals surface area contributed by atoms with Crippen LogP contribution in [0.3, 0.4) is 0 Å². The van der Waals surface area contributed by atoms with Gasteiger partial charge >= 0.3 is 6.18 Å². The van der Waals surface area contributed by atoms with Gasteiger partial charge in [-0.1, -0.05) is 13.0 Å². The average molecular weight is 550 g/mol. The third-order valence-electron chi connectivity index (χ3n) is 6.65. The van der Waals surface area contributed by atoms with Crippen molar-refractivity contribution in [3.05, 3.63) is 41.2 Å². The summed E-state index contributed by atoms with van der Waals surface area (Å²) in [7, 11) is -1.92. The summed E-state index contributed by atoms with van der Waals surface area (Å²) < 4.78 is 83.1. The number of rotatable bonds is 9. The molecule has 37 heavy (non-hydrogen) atoms. The number of sulfone groups is 1. The van der Waals surface area contributed by atoms with E-state index in [1.807, 2.05) is 0 Å². The fourth-order valence-corrected chi connectivity index (χ4v) is 5.57. The van der Waals surface area contributed by atoms with E-state index in [0.29, 0.717) is 5.56 Å². The highest BCUT2D eigenvalue weighted by atomic mass is 32.2. The van der Waals surface area contributed by atoms with E-state index in [1.54, 1.807) is 6.92 Å². The van der Waals surface area contributed by atoms with Crippen LogP contribution in [0.5, 0.6) is 5.75 Å². The number of methoxy groups -OCH3 is 1. The molecule has 13 heteroatoms. The van der Waals surface area contributed by atoms with Gasteiger partial charge < -0.3 is 15.2 Å². The van der Waals surface area contributed by atoms with Crippen LogP contribution in [-0.4, -0.2) is 65.9 Å². The molecule has 0 radical (unpaired) electrons. The van der Waals surface area contributed by atoms with Crippen LogP contribution in [0.2, 0.25) is 0 Å². The fourth-order valence-electron chi connectivity index (χ4n) is 4.48. The van der Waals surface area contributed by atoms with Gasteiger partial charge in [0.05, 0.1) is 23.6 Å². The van der Waals surface area contributed by atoms with Crippen LogP contribution in [0.4, 0.5) is 17.6 Å². The maximum atomic E-state index is 15.5. The molecule has 1 aromatic heterocycles. The summed E-state index contributed by atoms with van der Waals surface area (Å²) in [6.07, 6.45) is -3.37. The molecule has 0 bridgehead atoms. The van der Waals surface area contributed by atoms with Gasteiger partial charge in [0.25, 0.3) is 5.91 Å². The first-order valence-electron chi connectivity index (χ1n) is 11.9. The zero-order valence-electron chi connectivity index (χ0n) is 20.9. The number of carbonyl (C=O) groups is 1. The Labute approximate surface area is 213 Å². The van der Waals surface area contributed by atoms with E-state index in [-0.39, 0.29) is 62.3 Å². The summed E-state index contributed by atoms with van der Waals surface area (Å²) in [5.74, 6) is -1.53. The van der Waals surface area contributed by atoms with Crippen molar-refractivity contribution in [2.75, 3.05) is 19.9 Å². The van der Waals surface area contributed by atoms with Crippen molar-refractivity contribution in [1.29, 1.82) is 0 Å². The van der Waals surface area contributed by atoms with Crippen LogP contribution in [-0.2, 0) is 22.7 Å². The van der Waals surface area contributed by atoms with Gasteiger partial charge in [-0.25, -0.2) is 13.4 Å². The van der Waals surface area contributed by atoms with Crippen molar-refractivity contribution in [3.63, 3.8) is 0 Å². The van der Waals surface area contributed by atoms with E-state index < -0.39 is 50.8 Å². The minimum atomic E-state index is -4.32. The highest BCUT2D eigenvalue weighted by Crippen LogP contribution is 2.32. The van der Waals surface area contributed by atoms with Crippen LogP contribution in [0.15, 0.2) is 18.2 Å². The number of nitrogens with one attached hydrogen (secondary N) is 1. The normalized spacial score (nSPS) is 20.6. The molecular formula is C24H31F4N3O5S. The second-order valence-corrected chi connectivity index (χ2v) is 11.7. The first kappa shape index (κ1) is 28.9. The van der Waals surface area contributed by atoms with Crippen LogP contribution >= 0.6 is 0 Å². The summed E-state index contributed by atoms with van der Waals surface area (Å²) in [6, 6.07) is 4.24. The van der Waals surface area contributed by atoms with E-state index in [9.17, 15) is 31.5 Å². The molecule has 0 saturated heterocycles. The third kappa shape index (κ3) is 7.01. The lowest BCUT2D eigenvalue weighted by molar-refractivity contribution is -0.134. The Bertz CT molecular complexity index is 1240. The molecule has 0 spiro atoms. The molecule has 206 valence electrons. The standard InChI is InChI=1S/C24H31F4N3O5S/c1-4-19-30-20(22(32)29-14-23(33)10-8-16(9-11-23)37(3,34)35)21(25)31(19)17-6-5-15(13-18(17)36-2)7-12-24(26,27)28/h5-6,13,16,33H,4,7-12,14H2,1-3H3,(H,29,32). The summed E-state index contributed by atoms with van der Waals surface area (Å²) in [5.41, 5.74) is -1.29. The Morgan fingerprint density at radius 3 is 2.49 bits per heavy atom. The van der Waals surface area contributed by atoms with E-state index in [4.69, 9.17) is 4.74 Å². The summed E-state index contributed by atoms with van der Waals surface area (Å²) in [5, 5.41) is 12.7. The molecule has 1 fully saturated rings. The number of nitrogens with zero attached hydrogens (tertiary/aromatic N) is 2. The van der Waals surface area contributed by atoms with Crippen LogP contribution in [0.1, 0.15) is 60.9 Å². The van der Waals surface area contributed by atoms with E-state index in [2.05, 4.69) is 10.3 Å². The molecular weight excluding hydrogens is 518 g/mol. The smallest absolute Gasteiger partial charge is 0.389 e. The largest absolute Gasteiger partial charge is 0.495 e. The summed E-state index contributed by atoms with van der Waals surface area (Å²) in [6.45, 7) is 1.50. The number of amides is 1. The average Bonchev–Trinajstić information content (AvgIpc) is 3.16. The molecule has 0 atom stereocenters. The van der Waals surface area contributed by atoms with Crippen LogP contribution < -0.4 is 10.1 Å². The quantitative estimate of drug-likeness (QED) is 0.463. The number of ether oxygens (including phenoxy) is 1. The lowest BCUT2D eigenvalue weighted by Gasteiger charge is -2.35. The van der Waals surface area contributed by atoms with Crippen molar-refractivity contribution in [2.24, 2.45) is 0 Å². The third-order valence-corrected chi connectivity index (χ3v) is 8.33. The number of aliphatic hydroxyl groups is 1. The Kier molecular flexibility index (Phi) is 8.57. The molecule has 1 aromatic carbocycles. The lowest BCUT2D eigenvalue weighted by atomic mass is 9.84. The Hall–Kier alpha value is -2.67. The maximum Gasteiger partial charge on any atom is 0.389 e. The van der Waals surface area contributed by atoms with Crippen LogP contribution in [0.25, 0.3) is 5.69 Å². The van der Waals surface area contributed by atoms with Crippen molar-refractivity contribution < 1.29 is 40.6 Å². The van der Waals surface area contributed by atoms with E-state index >= 15 is 4.39 Å². The summed E-state index contributed by atoms with van der Waals surface area (Å²) >= 11 is 0. The van der Waals surface area contributed by atoms with Gasteiger partial charge in [0.15, 0.2) is 5.69 Å². The second-order valence-electron chi connectivity index (χ2n) is 9.41. The second kappa shape index (κ2) is 11.0. The molecule has 1 heterocycles. The molecule has 0 aliphatic heterocycles. The first-order valence-corrected chi connectivity index (χ1v) is 13.8. The number of hydrogen-bond donors (Lipinski definition) is 2. The lowest BCUT2D eigenvalue weighted by Crippen LogP contribution is -2.47. The van der Waals surface area contributed by atoms with Crippen molar-refractivity contribution >= 4 is 15.7 Å². The van der Waals surface area contributed by atoms with Gasteiger partial charge in [0.2, 0.25) is 5.95 Å². The minimum absolute atomic E-state index is 0.120. The molecule has 8 nitrogen and oxygen atoms in total. The zero-order valence-corrected chi connectivity index (χ0v) is 21.7. The van der Waals surface area contributed by atoms with Gasteiger partial charge in [-0.15, -0.1) is 0 Å². The SMILES string of the molecule is CCc1nc(C(=O)NCC2(O)CCC(S(C)(=O)=O)CC2)c(F)n1-c1ccc(CCC(F)(F)F)cc1OC. The Morgan fingerprint density at radius 1 is 1.30 bits per heavy atom. The van der Waals surface area contributed by atoms with Crippen LogP contribution in [0, 0.1) is 5.95 Å². The topological polar surface area (TPSA) is 111 Å². The molecule has 0 unspecified atom stereocenters. The van der Waals surface area contributed by atoms with Gasteiger partial charge in [-0.05, 0) is 49.8 Å². The number of imidazole rings is 1. The number of benzene rings is 1. The molecule has 1 aliphatic carbocycles. The van der Waals surface area contributed by atoms with Gasteiger partial charge in [0, 0.05) is 25.6 Å². The van der Waals surface area contributed by atoms with Crippen molar-refractivity contribution in [3.8, 4) is 11.4 Å². The number of carbonyl (C=O) groups excluding carboxylic acids is 1. The fraction of sp³-hybridized carbons (Fsp3) is 0.583. The predicted octanol–water partition coefficient (Wildman–Crippen LogP) is 3.53. The number of hydrogen-bond acceptors (Lipinski definition) is 6. The summed E-state index contributed by atoms with van der Waals surface area (Å²) in [4.78, 5) is 16.9. The molecule has 2 N–H and O–H groups in total. The first-order chi connectivity index (χ1) is 17.2. The van der Waals surface area contributed by atoms with Crippen molar-refractivity contribution in [1.82, 2.24) is 14.9 Å². The Morgan fingerprint density at radius 2 is 1.95 bits per heavy atom. The van der Waals surface area contributed by atoms with E-state index in [0.717, 1.165) is 10.8 Å². The predicted molar refractivity (Wildman–Crippen MR) is 128 cm³/mol. The maximum absolute atomic E-state index is 15.5. The molecule has 1 amide bonds. The molecule has 1 saturated carbocycles. The highest BCUT2D eigenvalue weighted by Gasteiger charge is 2.37. The zero-order chi connectivity index (χ0) is 27.6. The Balaban J connectivity index is 1.79. The molecule has 1 aliphatic rings. The highest BCUT2D eigenvalue weighted by molar-refractivity contribution is 7.91. The molecule has 2 aromatic rings. The monoisotopic (exact) mass is 549 g/mol.